The molecule has 1 amide bonds. The number of hydrogen-bond acceptors (Lipinski definition) is 6. The second-order valence-electron chi connectivity index (χ2n) is 9.73. The zero-order chi connectivity index (χ0) is 26.1. The minimum absolute atomic E-state index is 0.00278. The molecule has 1 atom stereocenters. The molecule has 0 bridgehead atoms. The third kappa shape index (κ3) is 8.09. The van der Waals surface area contributed by atoms with E-state index in [1.807, 2.05) is 44.2 Å². The van der Waals surface area contributed by atoms with Gasteiger partial charge in [-0.2, -0.15) is 0 Å². The van der Waals surface area contributed by atoms with Crippen molar-refractivity contribution < 1.29 is 25.2 Å². The summed E-state index contributed by atoms with van der Waals surface area (Å²) in [6, 6.07) is 19.3. The first-order chi connectivity index (χ1) is 17.2. The maximum Gasteiger partial charge on any atom is 0.251 e. The van der Waals surface area contributed by atoms with Crippen LogP contribution in [0.5, 0.6) is 11.5 Å². The van der Waals surface area contributed by atoms with Crippen molar-refractivity contribution in [3.8, 4) is 11.5 Å². The van der Waals surface area contributed by atoms with E-state index in [9.17, 15) is 25.2 Å². The minimum atomic E-state index is -0.797. The van der Waals surface area contributed by atoms with Crippen LogP contribution in [0.25, 0.3) is 0 Å². The zero-order valence-corrected chi connectivity index (χ0v) is 20.9. The molecule has 3 rings (SSSR count). The number of phenols is 2. The third-order valence-electron chi connectivity index (χ3n) is 6.13. The van der Waals surface area contributed by atoms with Crippen LogP contribution in [0.4, 0.5) is 0 Å². The largest absolute Gasteiger partial charge is 0.508 e. The summed E-state index contributed by atoms with van der Waals surface area (Å²) in [6.45, 7) is 4.62. The zero-order valence-electron chi connectivity index (χ0n) is 20.9. The normalized spacial score (nSPS) is 12.3. The number of carbonyl (C=O) groups excluding carboxylic acids is 1. The Kier molecular flexibility index (Phi) is 9.47. The van der Waals surface area contributed by atoms with Crippen molar-refractivity contribution in [3.63, 3.8) is 0 Å². The molecule has 0 heterocycles. The first-order valence-corrected chi connectivity index (χ1v) is 12.2. The van der Waals surface area contributed by atoms with Crippen molar-refractivity contribution in [2.24, 2.45) is 0 Å². The number of nitrogens with one attached hydrogen (secondary N) is 2. The molecule has 3 aromatic carbocycles. The van der Waals surface area contributed by atoms with Crippen LogP contribution in [-0.2, 0) is 19.4 Å². The number of β-amino-alcohol motifs (C(OH)–C–C–N with tert-alkyl or cyclic N) is 1. The molecule has 7 nitrogen and oxygen atoms in total. The number of aromatic hydroxyl groups is 2. The van der Waals surface area contributed by atoms with Crippen LogP contribution in [-0.4, -0.2) is 45.0 Å². The van der Waals surface area contributed by atoms with Crippen LogP contribution in [0.1, 0.15) is 59.0 Å². The summed E-state index contributed by atoms with van der Waals surface area (Å²) in [5.74, 6) is 0.134. The lowest BCUT2D eigenvalue weighted by Crippen LogP contribution is -2.43. The average molecular weight is 493 g/mol. The van der Waals surface area contributed by atoms with Gasteiger partial charge in [0, 0.05) is 29.8 Å². The smallest absolute Gasteiger partial charge is 0.251 e. The lowest BCUT2D eigenvalue weighted by atomic mass is 9.93. The highest BCUT2D eigenvalue weighted by molar-refractivity contribution is 5.94. The van der Waals surface area contributed by atoms with Crippen molar-refractivity contribution in [1.29, 1.82) is 0 Å². The highest BCUT2D eigenvalue weighted by Crippen LogP contribution is 2.23. The van der Waals surface area contributed by atoms with Gasteiger partial charge in [-0.25, -0.2) is 0 Å². The summed E-state index contributed by atoms with van der Waals surface area (Å²) < 4.78 is 0. The molecule has 0 aliphatic rings. The molecule has 7 heteroatoms. The van der Waals surface area contributed by atoms with Gasteiger partial charge in [-0.15, -0.1) is 0 Å². The van der Waals surface area contributed by atoms with Crippen LogP contribution in [0.15, 0.2) is 66.7 Å². The second kappa shape index (κ2) is 12.5. The van der Waals surface area contributed by atoms with E-state index in [0.717, 1.165) is 24.0 Å². The van der Waals surface area contributed by atoms with Crippen LogP contribution < -0.4 is 10.6 Å². The van der Waals surface area contributed by atoms with Gasteiger partial charge >= 0.3 is 0 Å². The third-order valence-corrected chi connectivity index (χ3v) is 6.13. The molecule has 0 saturated carbocycles. The van der Waals surface area contributed by atoms with E-state index >= 15 is 0 Å². The molecule has 0 unspecified atom stereocenters. The Morgan fingerprint density at radius 2 is 1.72 bits per heavy atom. The van der Waals surface area contributed by atoms with Gasteiger partial charge in [0.25, 0.3) is 5.91 Å². The Bertz CT molecular complexity index is 1140. The summed E-state index contributed by atoms with van der Waals surface area (Å²) in [5, 5.41) is 45.3. The minimum Gasteiger partial charge on any atom is -0.508 e. The predicted molar refractivity (Wildman–Crippen MR) is 140 cm³/mol. The fourth-order valence-electron chi connectivity index (χ4n) is 4.08. The molecular weight excluding hydrogens is 456 g/mol. The number of aliphatic hydroxyl groups is 2. The van der Waals surface area contributed by atoms with Gasteiger partial charge < -0.3 is 31.1 Å². The molecule has 0 saturated heterocycles. The fraction of sp³-hybridized carbons (Fsp3) is 0.345. The van der Waals surface area contributed by atoms with Gasteiger partial charge in [0.1, 0.15) is 11.5 Å². The number of aryl methyl sites for hydroxylation is 1. The van der Waals surface area contributed by atoms with Gasteiger partial charge in [-0.3, -0.25) is 4.79 Å². The number of rotatable bonds is 12. The molecule has 0 aliphatic heterocycles. The van der Waals surface area contributed by atoms with Crippen molar-refractivity contribution in [2.75, 3.05) is 13.1 Å². The molecule has 0 aromatic heterocycles. The monoisotopic (exact) mass is 492 g/mol. The summed E-state index contributed by atoms with van der Waals surface area (Å²) in [5.41, 5.74) is 3.37. The van der Waals surface area contributed by atoms with Gasteiger partial charge in [0.15, 0.2) is 0 Å². The van der Waals surface area contributed by atoms with Gasteiger partial charge in [-0.05, 0) is 86.2 Å². The molecule has 6 N–H and O–H groups in total. The molecule has 36 heavy (non-hydrogen) atoms. The van der Waals surface area contributed by atoms with Gasteiger partial charge in [-0.1, -0.05) is 30.3 Å². The van der Waals surface area contributed by atoms with E-state index < -0.39 is 6.10 Å². The Morgan fingerprint density at radius 1 is 0.972 bits per heavy atom. The molecule has 3 aromatic rings. The topological polar surface area (TPSA) is 122 Å². The molecule has 0 radical (unpaired) electrons. The van der Waals surface area contributed by atoms with E-state index in [4.69, 9.17) is 0 Å². The Balaban J connectivity index is 1.49. The molecule has 0 fully saturated rings. The quantitative estimate of drug-likeness (QED) is 0.215. The maximum atomic E-state index is 12.6. The number of phenolic OH excluding ortho intramolecular Hbond substituents is 1. The number of carbonyl (C=O) groups is 1. The number of hydrogen-bond donors (Lipinski definition) is 6. The lowest BCUT2D eigenvalue weighted by Gasteiger charge is -2.28. The van der Waals surface area contributed by atoms with E-state index in [1.165, 1.54) is 6.07 Å². The van der Waals surface area contributed by atoms with Gasteiger partial charge in [0.05, 0.1) is 12.7 Å². The summed E-state index contributed by atoms with van der Waals surface area (Å²) >= 11 is 0. The highest BCUT2D eigenvalue weighted by atomic mass is 16.3. The number of benzene rings is 3. The second-order valence-corrected chi connectivity index (χ2v) is 9.73. The standard InChI is InChI=1S/C29H36N2O5/c1-29(2,31-18-27(35)22-10-13-26(34)24(16-22)19-32)17-21-5-3-7-23(15-21)28(36)30-14-4-6-20-8-11-25(33)12-9-20/h3,5,7-13,15-16,27,31-35H,4,6,14,17-19H2,1-2H3,(H,30,36)/t27-/m1/s1. The molecular formula is C29H36N2O5. The first kappa shape index (κ1) is 27.2. The first-order valence-electron chi connectivity index (χ1n) is 12.2. The van der Waals surface area contributed by atoms with Gasteiger partial charge in [0.2, 0.25) is 0 Å². The van der Waals surface area contributed by atoms with E-state index in [-0.39, 0.29) is 29.6 Å². The fourth-order valence-corrected chi connectivity index (χ4v) is 4.08. The predicted octanol–water partition coefficient (Wildman–Crippen LogP) is 3.60. The van der Waals surface area contributed by atoms with E-state index in [0.29, 0.717) is 36.2 Å². The Morgan fingerprint density at radius 3 is 2.44 bits per heavy atom. The lowest BCUT2D eigenvalue weighted by molar-refractivity contribution is 0.0953. The van der Waals surface area contributed by atoms with Crippen LogP contribution in [0, 0.1) is 0 Å². The molecule has 0 aliphatic carbocycles. The Hall–Kier alpha value is -3.39. The van der Waals surface area contributed by atoms with Crippen LogP contribution in [0.3, 0.4) is 0 Å². The Labute approximate surface area is 212 Å². The molecule has 0 spiro atoms. The average Bonchev–Trinajstić information content (AvgIpc) is 2.86. The molecule has 192 valence electrons. The summed E-state index contributed by atoms with van der Waals surface area (Å²) in [7, 11) is 0. The summed E-state index contributed by atoms with van der Waals surface area (Å²) in [6.07, 6.45) is 1.47. The number of aliphatic hydroxyl groups excluding tert-OH is 2. The number of amides is 1. The van der Waals surface area contributed by atoms with Crippen molar-refractivity contribution in [1.82, 2.24) is 10.6 Å². The maximum absolute atomic E-state index is 12.6. The van der Waals surface area contributed by atoms with E-state index in [1.54, 1.807) is 30.3 Å². The summed E-state index contributed by atoms with van der Waals surface area (Å²) in [4.78, 5) is 12.6. The SMILES string of the molecule is CC(C)(Cc1cccc(C(=O)NCCCc2ccc(O)cc2)c1)NC[C@@H](O)c1ccc(O)c(CO)c1. The van der Waals surface area contributed by atoms with Crippen LogP contribution >= 0.6 is 0 Å². The van der Waals surface area contributed by atoms with Crippen LogP contribution in [0.2, 0.25) is 0 Å². The highest BCUT2D eigenvalue weighted by Gasteiger charge is 2.21. The van der Waals surface area contributed by atoms with E-state index in [2.05, 4.69) is 10.6 Å². The van der Waals surface area contributed by atoms with Crippen molar-refractivity contribution in [3.05, 3.63) is 94.5 Å². The van der Waals surface area contributed by atoms with Crippen molar-refractivity contribution in [2.45, 2.75) is 51.4 Å². The van der Waals surface area contributed by atoms with Crippen molar-refractivity contribution >= 4 is 5.91 Å².